The third-order valence-electron chi connectivity index (χ3n) is 2.29. The molecule has 100 valence electrons. The number of aliphatic hydroxyl groups is 1. The lowest BCUT2D eigenvalue weighted by atomic mass is 10.2. The molecule has 0 bridgehead atoms. The van der Waals surface area contributed by atoms with Gasteiger partial charge in [-0.05, 0) is 24.8 Å². The van der Waals surface area contributed by atoms with E-state index in [1.807, 2.05) is 11.4 Å². The molecule has 3 N–H and O–H groups in total. The van der Waals surface area contributed by atoms with Crippen molar-refractivity contribution in [3.8, 4) is 0 Å². The van der Waals surface area contributed by atoms with Gasteiger partial charge in [-0.2, -0.15) is 0 Å². The molecule has 0 aliphatic carbocycles. The quantitative estimate of drug-likeness (QED) is 0.640. The van der Waals surface area contributed by atoms with Crippen LogP contribution in [0.25, 0.3) is 0 Å². The molecule has 0 saturated carbocycles. The van der Waals surface area contributed by atoms with E-state index in [0.29, 0.717) is 24.3 Å². The average molecular weight is 270 g/mol. The van der Waals surface area contributed by atoms with E-state index in [-0.39, 0.29) is 24.5 Å². The van der Waals surface area contributed by atoms with E-state index in [4.69, 9.17) is 5.11 Å². The van der Waals surface area contributed by atoms with Crippen molar-refractivity contribution in [1.29, 1.82) is 0 Å². The number of rotatable bonds is 7. The Balaban J connectivity index is 2.12. The molecule has 1 aromatic heterocycles. The van der Waals surface area contributed by atoms with Crippen molar-refractivity contribution < 1.29 is 14.7 Å². The summed E-state index contributed by atoms with van der Waals surface area (Å²) in [6.45, 7) is 2.13. The van der Waals surface area contributed by atoms with E-state index in [0.717, 1.165) is 0 Å². The molecule has 1 rings (SSSR count). The summed E-state index contributed by atoms with van der Waals surface area (Å²) in [5.74, 6) is -0.212. The summed E-state index contributed by atoms with van der Waals surface area (Å²) in [5.41, 5.74) is 0. The smallest absolute Gasteiger partial charge is 0.261 e. The lowest BCUT2D eigenvalue weighted by Gasteiger charge is -2.10. The first-order valence-corrected chi connectivity index (χ1v) is 6.73. The lowest BCUT2D eigenvalue weighted by molar-refractivity contribution is -0.122. The van der Waals surface area contributed by atoms with Gasteiger partial charge in [-0.15, -0.1) is 11.3 Å². The van der Waals surface area contributed by atoms with Gasteiger partial charge in [-0.1, -0.05) is 6.07 Å². The molecule has 0 aromatic carbocycles. The van der Waals surface area contributed by atoms with Gasteiger partial charge in [0.25, 0.3) is 5.91 Å². The molecule has 0 saturated heterocycles. The minimum atomic E-state index is -0.224. The molecule has 5 nitrogen and oxygen atoms in total. The summed E-state index contributed by atoms with van der Waals surface area (Å²) in [6, 6.07) is 3.36. The number of nitrogens with one attached hydrogen (secondary N) is 2. The second kappa shape index (κ2) is 7.84. The third kappa shape index (κ3) is 5.29. The van der Waals surface area contributed by atoms with Crippen molar-refractivity contribution in [2.24, 2.45) is 0 Å². The van der Waals surface area contributed by atoms with E-state index in [1.54, 1.807) is 13.0 Å². The summed E-state index contributed by atoms with van der Waals surface area (Å²) in [5, 5.41) is 16.0. The monoisotopic (exact) mass is 270 g/mol. The Morgan fingerprint density at radius 1 is 1.50 bits per heavy atom. The molecule has 18 heavy (non-hydrogen) atoms. The molecule has 0 fully saturated rings. The Bertz CT molecular complexity index is 379. The van der Waals surface area contributed by atoms with Gasteiger partial charge < -0.3 is 15.7 Å². The molecule has 6 heteroatoms. The maximum absolute atomic E-state index is 11.5. The van der Waals surface area contributed by atoms with Gasteiger partial charge in [0.05, 0.1) is 11.5 Å². The Morgan fingerprint density at radius 3 is 2.89 bits per heavy atom. The van der Waals surface area contributed by atoms with Gasteiger partial charge in [-0.25, -0.2) is 0 Å². The van der Waals surface area contributed by atoms with Crippen LogP contribution >= 0.6 is 11.3 Å². The first kappa shape index (κ1) is 14.7. The molecule has 1 atom stereocenters. The minimum Gasteiger partial charge on any atom is -0.394 e. The highest BCUT2D eigenvalue weighted by Gasteiger charge is 2.07. The Hall–Kier alpha value is -1.40. The van der Waals surface area contributed by atoms with Crippen LogP contribution in [0.15, 0.2) is 17.5 Å². The topological polar surface area (TPSA) is 78.4 Å². The maximum Gasteiger partial charge on any atom is 0.261 e. The summed E-state index contributed by atoms with van der Waals surface area (Å²) in [4.78, 5) is 23.6. The molecule has 0 aliphatic heterocycles. The van der Waals surface area contributed by atoms with Gasteiger partial charge in [0.15, 0.2) is 0 Å². The highest BCUT2D eigenvalue weighted by molar-refractivity contribution is 7.12. The first-order valence-electron chi connectivity index (χ1n) is 5.85. The van der Waals surface area contributed by atoms with Crippen LogP contribution in [0.5, 0.6) is 0 Å². The van der Waals surface area contributed by atoms with E-state index in [1.165, 1.54) is 11.3 Å². The number of hydrogen-bond acceptors (Lipinski definition) is 4. The fraction of sp³-hybridized carbons (Fsp3) is 0.500. The largest absolute Gasteiger partial charge is 0.394 e. The SMILES string of the molecule is C[C@H](CO)NC(=O)CCCNC(=O)c1cccs1. The second-order valence-electron chi connectivity index (χ2n) is 3.99. The van der Waals surface area contributed by atoms with Crippen molar-refractivity contribution in [3.63, 3.8) is 0 Å². The van der Waals surface area contributed by atoms with Crippen LogP contribution in [0.1, 0.15) is 29.4 Å². The maximum atomic E-state index is 11.5. The zero-order valence-electron chi connectivity index (χ0n) is 10.3. The standard InChI is InChI=1S/C12H18N2O3S/c1-9(8-15)14-11(16)5-2-6-13-12(17)10-4-3-7-18-10/h3-4,7,9,15H,2,5-6,8H2,1H3,(H,13,17)(H,14,16)/t9-/m1/s1. The van der Waals surface area contributed by atoms with Crippen LogP contribution in [0.4, 0.5) is 0 Å². The molecular weight excluding hydrogens is 252 g/mol. The third-order valence-corrected chi connectivity index (χ3v) is 3.16. The molecular formula is C12H18N2O3S. The second-order valence-corrected chi connectivity index (χ2v) is 4.94. The normalized spacial score (nSPS) is 11.9. The molecule has 2 amide bonds. The number of hydrogen-bond donors (Lipinski definition) is 3. The average Bonchev–Trinajstić information content (AvgIpc) is 2.88. The number of aliphatic hydroxyl groups excluding tert-OH is 1. The molecule has 1 heterocycles. The molecule has 0 spiro atoms. The Labute approximate surface area is 110 Å². The van der Waals surface area contributed by atoms with Crippen LogP contribution < -0.4 is 10.6 Å². The van der Waals surface area contributed by atoms with Gasteiger partial charge in [0, 0.05) is 19.0 Å². The van der Waals surface area contributed by atoms with Crippen molar-refractivity contribution in [2.75, 3.05) is 13.2 Å². The van der Waals surface area contributed by atoms with Crippen molar-refractivity contribution in [3.05, 3.63) is 22.4 Å². The van der Waals surface area contributed by atoms with Crippen LogP contribution in [-0.4, -0.2) is 36.1 Å². The van der Waals surface area contributed by atoms with Crippen LogP contribution in [0, 0.1) is 0 Å². The minimum absolute atomic E-state index is 0.0686. The van der Waals surface area contributed by atoms with Crippen molar-refractivity contribution >= 4 is 23.2 Å². The number of carbonyl (C=O) groups excluding carboxylic acids is 2. The molecule has 0 aliphatic rings. The fourth-order valence-corrected chi connectivity index (χ4v) is 1.98. The predicted molar refractivity (Wildman–Crippen MR) is 70.6 cm³/mol. The van der Waals surface area contributed by atoms with Gasteiger partial charge in [0.1, 0.15) is 0 Å². The first-order chi connectivity index (χ1) is 8.63. The highest BCUT2D eigenvalue weighted by atomic mass is 32.1. The number of thiophene rings is 1. The number of carbonyl (C=O) groups is 2. The van der Waals surface area contributed by atoms with Crippen molar-refractivity contribution in [1.82, 2.24) is 10.6 Å². The predicted octanol–water partition coefficient (Wildman–Crippen LogP) is 0.755. The molecule has 1 aromatic rings. The van der Waals surface area contributed by atoms with Gasteiger partial charge in [0.2, 0.25) is 5.91 Å². The molecule has 0 unspecified atom stereocenters. The summed E-state index contributed by atoms with van der Waals surface area (Å²) in [7, 11) is 0. The Morgan fingerprint density at radius 2 is 2.28 bits per heavy atom. The van der Waals surface area contributed by atoms with Crippen molar-refractivity contribution in [2.45, 2.75) is 25.8 Å². The van der Waals surface area contributed by atoms with E-state index < -0.39 is 0 Å². The summed E-state index contributed by atoms with van der Waals surface area (Å²) in [6.07, 6.45) is 0.927. The molecule has 0 radical (unpaired) electrons. The zero-order chi connectivity index (χ0) is 13.4. The van der Waals surface area contributed by atoms with E-state index in [9.17, 15) is 9.59 Å². The highest BCUT2D eigenvalue weighted by Crippen LogP contribution is 2.07. The Kier molecular flexibility index (Phi) is 6.38. The summed E-state index contributed by atoms with van der Waals surface area (Å²) >= 11 is 1.39. The van der Waals surface area contributed by atoms with Crippen LogP contribution in [-0.2, 0) is 4.79 Å². The van der Waals surface area contributed by atoms with Crippen LogP contribution in [0.3, 0.4) is 0 Å². The van der Waals surface area contributed by atoms with E-state index >= 15 is 0 Å². The zero-order valence-corrected chi connectivity index (χ0v) is 11.1. The van der Waals surface area contributed by atoms with Crippen LogP contribution in [0.2, 0.25) is 0 Å². The lowest BCUT2D eigenvalue weighted by Crippen LogP contribution is -2.35. The van der Waals surface area contributed by atoms with E-state index in [2.05, 4.69) is 10.6 Å². The summed E-state index contributed by atoms with van der Waals surface area (Å²) < 4.78 is 0. The number of amides is 2. The van der Waals surface area contributed by atoms with Gasteiger partial charge in [-0.3, -0.25) is 9.59 Å². The fourth-order valence-electron chi connectivity index (χ4n) is 1.34. The van der Waals surface area contributed by atoms with Gasteiger partial charge >= 0.3 is 0 Å².